The number of amides is 2. The predicted molar refractivity (Wildman–Crippen MR) is 174 cm³/mol. The minimum Gasteiger partial charge on any atom is -0.508 e. The van der Waals surface area contributed by atoms with Gasteiger partial charge < -0.3 is 50.0 Å². The minimum absolute atomic E-state index is 0.0724. The SMILES string of the molecule is CC(C)(C)C(=O)OCOC(=O)c1cc(NC(=O)c2cc(O)cc(C(=O)Nc3ccc(O)c(C(=O)OCOC(=O)C(C)(C)C)c3)c2O)ccc1O. The molecule has 0 aliphatic rings. The molecule has 0 fully saturated rings. The smallest absolute Gasteiger partial charge is 0.344 e. The maximum absolute atomic E-state index is 13.1. The van der Waals surface area contributed by atoms with Gasteiger partial charge in [0.2, 0.25) is 13.6 Å². The Morgan fingerprint density at radius 1 is 0.540 bits per heavy atom. The lowest BCUT2D eigenvalue weighted by molar-refractivity contribution is -0.162. The van der Waals surface area contributed by atoms with Crippen LogP contribution in [-0.2, 0) is 28.5 Å². The Morgan fingerprint density at radius 3 is 1.24 bits per heavy atom. The summed E-state index contributed by atoms with van der Waals surface area (Å²) in [6, 6.07) is 8.35. The topological polar surface area (TPSA) is 244 Å². The van der Waals surface area contributed by atoms with Crippen molar-refractivity contribution >= 4 is 47.1 Å². The molecule has 50 heavy (non-hydrogen) atoms. The highest BCUT2D eigenvalue weighted by Gasteiger charge is 2.26. The summed E-state index contributed by atoms with van der Waals surface area (Å²) in [5.74, 6) is -8.05. The van der Waals surface area contributed by atoms with E-state index in [9.17, 15) is 49.2 Å². The molecule has 16 nitrogen and oxygen atoms in total. The summed E-state index contributed by atoms with van der Waals surface area (Å²) in [6.45, 7) is 8.10. The van der Waals surface area contributed by atoms with E-state index in [2.05, 4.69) is 10.6 Å². The molecule has 0 atom stereocenters. The lowest BCUT2D eigenvalue weighted by atomic mass is 9.97. The molecule has 0 radical (unpaired) electrons. The molecule has 0 unspecified atom stereocenters. The molecule has 0 saturated heterocycles. The fraction of sp³-hybridized carbons (Fsp3) is 0.294. The number of aromatic hydroxyl groups is 4. The molecule has 266 valence electrons. The number of esters is 4. The van der Waals surface area contributed by atoms with E-state index in [-0.39, 0.29) is 11.4 Å². The first-order valence-corrected chi connectivity index (χ1v) is 14.7. The van der Waals surface area contributed by atoms with Gasteiger partial charge in [0.1, 0.15) is 34.1 Å². The molecule has 16 heteroatoms. The third-order valence-corrected chi connectivity index (χ3v) is 6.52. The highest BCUT2D eigenvalue weighted by molar-refractivity contribution is 6.13. The molecule has 0 spiro atoms. The quantitative estimate of drug-likeness (QED) is 0.0976. The molecule has 0 heterocycles. The van der Waals surface area contributed by atoms with Crippen LogP contribution in [0.4, 0.5) is 11.4 Å². The summed E-state index contributed by atoms with van der Waals surface area (Å²) in [5, 5.41) is 46.1. The molecule has 0 aliphatic heterocycles. The Kier molecular flexibility index (Phi) is 11.6. The molecule has 3 aromatic carbocycles. The lowest BCUT2D eigenvalue weighted by Gasteiger charge is -2.16. The van der Waals surface area contributed by atoms with Crippen molar-refractivity contribution in [3.05, 3.63) is 70.8 Å². The zero-order chi connectivity index (χ0) is 37.6. The van der Waals surface area contributed by atoms with Gasteiger partial charge in [-0.3, -0.25) is 19.2 Å². The van der Waals surface area contributed by atoms with Crippen molar-refractivity contribution in [1.29, 1.82) is 0 Å². The molecule has 0 saturated carbocycles. The molecule has 0 bridgehead atoms. The van der Waals surface area contributed by atoms with E-state index in [0.29, 0.717) is 0 Å². The monoisotopic (exact) mass is 696 g/mol. The molecule has 6 N–H and O–H groups in total. The first kappa shape index (κ1) is 38.1. The maximum Gasteiger partial charge on any atom is 0.344 e. The molecule has 2 amide bonds. The van der Waals surface area contributed by atoms with E-state index in [4.69, 9.17) is 18.9 Å². The van der Waals surface area contributed by atoms with Crippen molar-refractivity contribution in [2.45, 2.75) is 41.5 Å². The van der Waals surface area contributed by atoms with Gasteiger partial charge >= 0.3 is 23.9 Å². The van der Waals surface area contributed by atoms with Crippen molar-refractivity contribution in [3.8, 4) is 23.0 Å². The van der Waals surface area contributed by atoms with E-state index >= 15 is 0 Å². The number of benzene rings is 3. The van der Waals surface area contributed by atoms with Gasteiger partial charge in [-0.2, -0.15) is 0 Å². The number of hydrogen-bond donors (Lipinski definition) is 6. The van der Waals surface area contributed by atoms with E-state index in [1.165, 1.54) is 12.1 Å². The van der Waals surface area contributed by atoms with E-state index in [1.807, 2.05) is 0 Å². The Bertz CT molecular complexity index is 1710. The Morgan fingerprint density at radius 2 is 0.900 bits per heavy atom. The number of phenols is 4. The summed E-state index contributed by atoms with van der Waals surface area (Å²) in [7, 11) is 0. The first-order chi connectivity index (χ1) is 23.2. The molecule has 0 aliphatic carbocycles. The van der Waals surface area contributed by atoms with Crippen molar-refractivity contribution in [3.63, 3.8) is 0 Å². The van der Waals surface area contributed by atoms with Crippen LogP contribution in [0, 0.1) is 10.8 Å². The molecular weight excluding hydrogens is 660 g/mol. The minimum atomic E-state index is -1.09. The summed E-state index contributed by atoms with van der Waals surface area (Å²) >= 11 is 0. The van der Waals surface area contributed by atoms with Gasteiger partial charge in [0.15, 0.2) is 0 Å². The van der Waals surface area contributed by atoms with Crippen LogP contribution < -0.4 is 10.6 Å². The molecule has 0 aromatic heterocycles. The summed E-state index contributed by atoms with van der Waals surface area (Å²) in [5.41, 5.74) is -3.80. The van der Waals surface area contributed by atoms with Gasteiger partial charge in [-0.25, -0.2) is 9.59 Å². The third kappa shape index (κ3) is 9.85. The van der Waals surface area contributed by atoms with E-state index in [1.54, 1.807) is 41.5 Å². The number of rotatable bonds is 10. The predicted octanol–water partition coefficient (Wildman–Crippen LogP) is 4.42. The van der Waals surface area contributed by atoms with Crippen LogP contribution >= 0.6 is 0 Å². The second-order valence-corrected chi connectivity index (χ2v) is 12.7. The average Bonchev–Trinajstić information content (AvgIpc) is 3.02. The molecule has 3 rings (SSSR count). The highest BCUT2D eigenvalue weighted by atomic mass is 16.7. The standard InChI is InChI=1S/C34H36N2O14/c1-33(2,3)31(45)49-15-47-29(43)20-11-17(7-9-24(20)38)35-27(41)22-13-19(37)14-23(26(22)40)28(42)36-18-8-10-25(39)21(12-18)30(44)48-16-50-32(46)34(4,5)6/h7-14,37-40H,15-16H2,1-6H3,(H,35,41)(H,36,42). The van der Waals surface area contributed by atoms with Gasteiger partial charge in [0.25, 0.3) is 11.8 Å². The number of nitrogens with one attached hydrogen (secondary N) is 2. The fourth-order valence-electron chi connectivity index (χ4n) is 3.78. The lowest BCUT2D eigenvalue weighted by Crippen LogP contribution is -2.24. The number of carbonyl (C=O) groups is 6. The van der Waals surface area contributed by atoms with Gasteiger partial charge in [-0.1, -0.05) is 0 Å². The molecular formula is C34H36N2O14. The van der Waals surface area contributed by atoms with Crippen LogP contribution in [-0.4, -0.2) is 69.7 Å². The average molecular weight is 697 g/mol. The summed E-state index contributed by atoms with van der Waals surface area (Å²) in [6.07, 6.45) is 0. The van der Waals surface area contributed by atoms with Crippen LogP contribution in [0.5, 0.6) is 23.0 Å². The summed E-state index contributed by atoms with van der Waals surface area (Å²) < 4.78 is 19.5. The largest absolute Gasteiger partial charge is 0.508 e. The van der Waals surface area contributed by atoms with E-state index in [0.717, 1.165) is 36.4 Å². The van der Waals surface area contributed by atoms with E-state index < -0.39 is 105 Å². The van der Waals surface area contributed by atoms with Gasteiger partial charge in [-0.15, -0.1) is 0 Å². The number of anilines is 2. The number of carbonyl (C=O) groups excluding carboxylic acids is 6. The number of hydrogen-bond acceptors (Lipinski definition) is 14. The first-order valence-electron chi connectivity index (χ1n) is 14.7. The Labute approximate surface area is 285 Å². The van der Waals surface area contributed by atoms with Crippen molar-refractivity contribution in [2.75, 3.05) is 24.2 Å². The van der Waals surface area contributed by atoms with Crippen molar-refractivity contribution in [2.24, 2.45) is 10.8 Å². The van der Waals surface area contributed by atoms with Gasteiger partial charge in [0.05, 0.1) is 22.0 Å². The second kappa shape index (κ2) is 15.3. The maximum atomic E-state index is 13.1. The van der Waals surface area contributed by atoms with Gasteiger partial charge in [0, 0.05) is 11.4 Å². The zero-order valence-electron chi connectivity index (χ0n) is 27.9. The van der Waals surface area contributed by atoms with Crippen LogP contribution in [0.25, 0.3) is 0 Å². The fourth-order valence-corrected chi connectivity index (χ4v) is 3.78. The van der Waals surface area contributed by atoms with Crippen molar-refractivity contribution < 1.29 is 68.1 Å². The van der Waals surface area contributed by atoms with Crippen molar-refractivity contribution in [1.82, 2.24) is 0 Å². The third-order valence-electron chi connectivity index (χ3n) is 6.52. The van der Waals surface area contributed by atoms with Crippen LogP contribution in [0.15, 0.2) is 48.5 Å². The Balaban J connectivity index is 1.74. The van der Waals surface area contributed by atoms with Crippen LogP contribution in [0.1, 0.15) is 83.0 Å². The van der Waals surface area contributed by atoms with Crippen LogP contribution in [0.3, 0.4) is 0 Å². The number of phenolic OH excluding ortho intramolecular Hbond substituents is 4. The second-order valence-electron chi connectivity index (χ2n) is 12.7. The molecule has 3 aromatic rings. The Hall–Kier alpha value is -6.32. The highest BCUT2D eigenvalue weighted by Crippen LogP contribution is 2.31. The van der Waals surface area contributed by atoms with Crippen LogP contribution in [0.2, 0.25) is 0 Å². The van der Waals surface area contributed by atoms with Gasteiger partial charge in [-0.05, 0) is 90.1 Å². The summed E-state index contributed by atoms with van der Waals surface area (Å²) in [4.78, 5) is 75.0. The normalized spacial score (nSPS) is 11.2. The number of ether oxygens (including phenoxy) is 4. The zero-order valence-corrected chi connectivity index (χ0v) is 27.9.